The molecule has 4 bridgehead atoms. The van der Waals surface area contributed by atoms with Gasteiger partial charge in [0.05, 0.1) is 17.1 Å². The summed E-state index contributed by atoms with van der Waals surface area (Å²) in [7, 11) is -4.03. The van der Waals surface area contributed by atoms with E-state index in [1.807, 2.05) is 30.4 Å². The lowest BCUT2D eigenvalue weighted by Crippen LogP contribution is -2.67. The molecule has 2 amide bonds. The highest BCUT2D eigenvalue weighted by molar-refractivity contribution is 7.92. The molecule has 3 N–H and O–H groups in total. The molecular formula is C27H37N3O7S. The van der Waals surface area contributed by atoms with Crippen LogP contribution in [0.4, 0.5) is 5.69 Å². The second kappa shape index (κ2) is 9.14. The first-order valence-corrected chi connectivity index (χ1v) is 14.8. The number of rotatable bonds is 7. The molecule has 5 aliphatic rings. The van der Waals surface area contributed by atoms with Crippen LogP contribution in [0.3, 0.4) is 0 Å². The lowest BCUT2D eigenvalue weighted by atomic mass is 9.47. The summed E-state index contributed by atoms with van der Waals surface area (Å²) in [5.41, 5.74) is -0.764. The van der Waals surface area contributed by atoms with Crippen LogP contribution in [-0.4, -0.2) is 60.4 Å². The van der Waals surface area contributed by atoms with Crippen LogP contribution in [0.1, 0.15) is 64.9 Å². The molecule has 1 aliphatic heterocycles. The molecule has 10 nitrogen and oxygen atoms in total. The fourth-order valence-electron chi connectivity index (χ4n) is 7.72. The highest BCUT2D eigenvalue weighted by Gasteiger charge is 2.63. The number of amides is 2. The molecule has 1 aromatic rings. The van der Waals surface area contributed by atoms with Gasteiger partial charge in [0.25, 0.3) is 5.91 Å². The summed E-state index contributed by atoms with van der Waals surface area (Å²) >= 11 is 0. The molecule has 4 saturated carbocycles. The smallest absolute Gasteiger partial charge is 0.326 e. The summed E-state index contributed by atoms with van der Waals surface area (Å²) in [6, 6.07) is 4.33. The molecule has 3 unspecified atom stereocenters. The summed E-state index contributed by atoms with van der Waals surface area (Å²) in [5, 5.41) is 21.0. The minimum absolute atomic E-state index is 0.0219. The van der Waals surface area contributed by atoms with Crippen molar-refractivity contribution in [2.75, 3.05) is 17.4 Å². The van der Waals surface area contributed by atoms with E-state index >= 15 is 0 Å². The number of aromatic hydroxyl groups is 1. The molecule has 1 aromatic carbocycles. The number of anilines is 1. The van der Waals surface area contributed by atoms with E-state index in [2.05, 4.69) is 0 Å². The fourth-order valence-corrected chi connectivity index (χ4v) is 8.88. The molecule has 3 atom stereocenters. The van der Waals surface area contributed by atoms with Crippen LogP contribution in [0, 0.1) is 28.6 Å². The molecule has 1 heterocycles. The molecule has 0 radical (unpaired) electrons. The summed E-state index contributed by atoms with van der Waals surface area (Å²) in [6.45, 7) is 5.62. The zero-order valence-corrected chi connectivity index (χ0v) is 23.0. The van der Waals surface area contributed by atoms with Crippen LogP contribution in [0.15, 0.2) is 18.2 Å². The van der Waals surface area contributed by atoms with E-state index in [0.29, 0.717) is 44.1 Å². The van der Waals surface area contributed by atoms with Gasteiger partial charge in [0.15, 0.2) is 0 Å². The van der Waals surface area contributed by atoms with Crippen molar-refractivity contribution in [1.29, 1.82) is 0 Å². The van der Waals surface area contributed by atoms with Gasteiger partial charge in [-0.05, 0) is 80.4 Å². The van der Waals surface area contributed by atoms with Crippen molar-refractivity contribution < 1.29 is 33.0 Å². The van der Waals surface area contributed by atoms with Crippen LogP contribution in [0.2, 0.25) is 0 Å². The van der Waals surface area contributed by atoms with Crippen LogP contribution >= 0.6 is 0 Å². The Kier molecular flexibility index (Phi) is 6.44. The van der Waals surface area contributed by atoms with Gasteiger partial charge in [-0.1, -0.05) is 26.8 Å². The summed E-state index contributed by atoms with van der Waals surface area (Å²) in [6.07, 6.45) is 5.42. The molecule has 0 aromatic heterocycles. The number of carbonyl (C=O) groups excluding carboxylic acids is 2. The van der Waals surface area contributed by atoms with Gasteiger partial charge in [-0.25, -0.2) is 9.03 Å². The van der Waals surface area contributed by atoms with Crippen molar-refractivity contribution in [3.63, 3.8) is 0 Å². The fraction of sp³-hybridized carbons (Fsp3) is 0.667. The third-order valence-electron chi connectivity index (χ3n) is 8.91. The average molecular weight is 548 g/mol. The first kappa shape index (κ1) is 26.8. The van der Waals surface area contributed by atoms with Crippen molar-refractivity contribution in [2.45, 2.75) is 71.8 Å². The number of aliphatic carboxylic acids is 1. The molecule has 4 aliphatic carbocycles. The Labute approximate surface area is 223 Å². The highest BCUT2D eigenvalue weighted by atomic mass is 32.2. The maximum atomic E-state index is 13.7. The maximum absolute atomic E-state index is 13.7. The summed E-state index contributed by atoms with van der Waals surface area (Å²) in [5.74, 6) is -0.678. The second-order valence-corrected chi connectivity index (χ2v) is 14.3. The lowest BCUT2D eigenvalue weighted by Gasteiger charge is -2.62. The van der Waals surface area contributed by atoms with E-state index in [0.717, 1.165) is 29.1 Å². The molecule has 208 valence electrons. The Bertz CT molecular complexity index is 1260. The van der Waals surface area contributed by atoms with Crippen molar-refractivity contribution in [1.82, 2.24) is 9.62 Å². The lowest BCUT2D eigenvalue weighted by molar-refractivity contribution is -0.187. The van der Waals surface area contributed by atoms with E-state index in [-0.39, 0.29) is 29.3 Å². The topological polar surface area (TPSA) is 144 Å². The van der Waals surface area contributed by atoms with Gasteiger partial charge in [0.1, 0.15) is 12.3 Å². The minimum atomic E-state index is -4.03. The second-order valence-electron chi connectivity index (χ2n) is 12.7. The normalized spacial score (nSPS) is 31.3. The number of carbonyl (C=O) groups is 3. The predicted molar refractivity (Wildman–Crippen MR) is 139 cm³/mol. The summed E-state index contributed by atoms with van der Waals surface area (Å²) in [4.78, 5) is 39.9. The van der Waals surface area contributed by atoms with Gasteiger partial charge in [0.2, 0.25) is 5.91 Å². The minimum Gasteiger partial charge on any atom is -0.506 e. The van der Waals surface area contributed by atoms with Gasteiger partial charge < -0.3 is 15.1 Å². The van der Waals surface area contributed by atoms with Crippen molar-refractivity contribution >= 4 is 33.7 Å². The number of nitrogens with one attached hydrogen (secondary N) is 1. The molecule has 5 fully saturated rings. The zero-order valence-electron chi connectivity index (χ0n) is 22.1. The Morgan fingerprint density at radius 2 is 1.82 bits per heavy atom. The van der Waals surface area contributed by atoms with Crippen molar-refractivity contribution in [3.8, 4) is 5.75 Å². The van der Waals surface area contributed by atoms with Gasteiger partial charge in [0, 0.05) is 12.0 Å². The molecule has 6 rings (SSSR count). The number of aryl methyl sites for hydroxylation is 1. The first-order chi connectivity index (χ1) is 17.7. The van der Waals surface area contributed by atoms with Gasteiger partial charge in [-0.2, -0.15) is 8.42 Å². The third kappa shape index (κ3) is 4.52. The SMILES string of the molecule is CC(C)(C)C(=O)N(CCCc1ccc(N2CC(=O)NS2(=O)=O)c(O)c1)C1C2CC3CC(C2)CC1(C(=O)O)C3. The van der Waals surface area contributed by atoms with E-state index in [4.69, 9.17) is 0 Å². The van der Waals surface area contributed by atoms with Crippen LogP contribution in [0.25, 0.3) is 0 Å². The number of hydrogen-bond acceptors (Lipinski definition) is 6. The molecule has 11 heteroatoms. The standard InChI is InChI=1S/C27H37N3O7S/c1-26(2,3)24(33)29(23-19-10-17-9-18(11-19)14-27(23,13-17)25(34)35)8-4-5-16-6-7-20(21(31)12-16)30-15-22(32)28-38(30,36)37/h6-7,12,17-19,23,31H,4-5,8-11,13-15H2,1-3H3,(H,28,32)(H,34,35). The van der Waals surface area contributed by atoms with E-state index in [9.17, 15) is 33.0 Å². The van der Waals surface area contributed by atoms with E-state index in [1.54, 1.807) is 6.07 Å². The van der Waals surface area contributed by atoms with Gasteiger partial charge >= 0.3 is 16.2 Å². The number of hydrogen-bond donors (Lipinski definition) is 3. The Morgan fingerprint density at radius 1 is 1.16 bits per heavy atom. The third-order valence-corrected chi connectivity index (χ3v) is 10.3. The number of nitrogens with zero attached hydrogens (tertiary/aromatic N) is 2. The van der Waals surface area contributed by atoms with E-state index < -0.39 is 39.5 Å². The maximum Gasteiger partial charge on any atom is 0.326 e. The van der Waals surface area contributed by atoms with Gasteiger partial charge in [-0.15, -0.1) is 0 Å². The number of phenols is 1. The van der Waals surface area contributed by atoms with Crippen LogP contribution < -0.4 is 9.03 Å². The Morgan fingerprint density at radius 3 is 2.34 bits per heavy atom. The quantitative estimate of drug-likeness (QED) is 0.476. The zero-order chi connectivity index (χ0) is 27.6. The molecular weight excluding hydrogens is 510 g/mol. The molecule has 0 spiro atoms. The highest BCUT2D eigenvalue weighted by Crippen LogP contribution is 2.61. The number of phenolic OH excluding ortho intramolecular Hbond substituents is 1. The monoisotopic (exact) mass is 547 g/mol. The number of carboxylic acid groups (broad SMARTS) is 1. The van der Waals surface area contributed by atoms with E-state index in [1.165, 1.54) is 12.1 Å². The largest absolute Gasteiger partial charge is 0.506 e. The predicted octanol–water partition coefficient (Wildman–Crippen LogP) is 2.66. The van der Waals surface area contributed by atoms with Gasteiger partial charge in [-0.3, -0.25) is 14.4 Å². The first-order valence-electron chi connectivity index (χ1n) is 13.4. The molecule has 1 saturated heterocycles. The number of benzene rings is 1. The Hall–Kier alpha value is -2.82. The van der Waals surface area contributed by atoms with Crippen LogP contribution in [0.5, 0.6) is 5.75 Å². The summed E-state index contributed by atoms with van der Waals surface area (Å²) < 4.78 is 27.0. The van der Waals surface area contributed by atoms with Crippen LogP contribution in [-0.2, 0) is 31.0 Å². The number of carboxylic acids is 1. The average Bonchev–Trinajstić information content (AvgIpc) is 3.07. The molecule has 38 heavy (non-hydrogen) atoms. The van der Waals surface area contributed by atoms with Crippen molar-refractivity contribution in [2.24, 2.45) is 28.6 Å². The van der Waals surface area contributed by atoms with Crippen molar-refractivity contribution in [3.05, 3.63) is 23.8 Å². The Balaban J connectivity index is 1.35.